The van der Waals surface area contributed by atoms with Crippen LogP contribution in [0.15, 0.2) is 36.7 Å². The number of benzene rings is 1. The van der Waals surface area contributed by atoms with Gasteiger partial charge in [0.2, 0.25) is 0 Å². The van der Waals surface area contributed by atoms with Crippen molar-refractivity contribution in [2.24, 2.45) is 7.05 Å². The third kappa shape index (κ3) is 2.96. The summed E-state index contributed by atoms with van der Waals surface area (Å²) in [5.41, 5.74) is 6.74. The zero-order valence-corrected chi connectivity index (χ0v) is 18.4. The number of nitrogens with zero attached hydrogens (tertiary/aromatic N) is 7. The number of aryl methyl sites for hydroxylation is 1. The first-order valence-electron chi connectivity index (χ1n) is 10.8. The van der Waals surface area contributed by atoms with Crippen LogP contribution < -0.4 is 4.90 Å². The lowest BCUT2D eigenvalue weighted by Crippen LogP contribution is -2.44. The average molecular weight is 428 g/mol. The summed E-state index contributed by atoms with van der Waals surface area (Å²) >= 11 is 0. The third-order valence-corrected chi connectivity index (χ3v) is 6.52. The molecule has 1 aliphatic rings. The van der Waals surface area contributed by atoms with Crippen LogP contribution in [0.25, 0.3) is 44.8 Å². The van der Waals surface area contributed by atoms with Crippen LogP contribution in [-0.4, -0.2) is 72.8 Å². The molecule has 1 saturated heterocycles. The minimum absolute atomic E-state index is 0.714. The molecule has 1 aromatic carbocycles. The van der Waals surface area contributed by atoms with E-state index in [-0.39, 0.29) is 0 Å². The molecular formula is C23H25N9. The predicted octanol–water partition coefficient (Wildman–Crippen LogP) is 2.96. The van der Waals surface area contributed by atoms with E-state index in [1.807, 2.05) is 26.4 Å². The molecule has 0 amide bonds. The van der Waals surface area contributed by atoms with Crippen LogP contribution in [-0.2, 0) is 7.05 Å². The highest BCUT2D eigenvalue weighted by atomic mass is 15.3. The Balaban J connectivity index is 1.45. The first kappa shape index (κ1) is 19.0. The number of anilines is 1. The number of nitrogens with one attached hydrogen (secondary N) is 2. The second-order valence-corrected chi connectivity index (χ2v) is 8.49. The molecule has 0 unspecified atom stereocenters. The summed E-state index contributed by atoms with van der Waals surface area (Å²) in [5, 5.41) is 8.75. The SMILES string of the molecule is Cc1ncc(-c2ccc3[nH]nc(-c4nc5nccc(N6CCN(C)CC6)c5[nH]4)c3c2)n1C. The van der Waals surface area contributed by atoms with Crippen molar-refractivity contribution in [2.75, 3.05) is 38.1 Å². The minimum Gasteiger partial charge on any atom is -0.367 e. The molecule has 9 nitrogen and oxygen atoms in total. The van der Waals surface area contributed by atoms with E-state index in [1.54, 1.807) is 0 Å². The van der Waals surface area contributed by atoms with Gasteiger partial charge in [0.15, 0.2) is 11.5 Å². The molecule has 0 atom stereocenters. The highest BCUT2D eigenvalue weighted by Gasteiger charge is 2.20. The first-order valence-corrected chi connectivity index (χ1v) is 10.8. The highest BCUT2D eigenvalue weighted by Crippen LogP contribution is 2.32. The van der Waals surface area contributed by atoms with Crippen LogP contribution in [0.1, 0.15) is 5.82 Å². The van der Waals surface area contributed by atoms with E-state index in [1.165, 1.54) is 0 Å². The van der Waals surface area contributed by atoms with Crippen LogP contribution >= 0.6 is 0 Å². The molecule has 0 spiro atoms. The number of rotatable bonds is 3. The fraction of sp³-hybridized carbons (Fsp3) is 0.304. The minimum atomic E-state index is 0.714. The summed E-state index contributed by atoms with van der Waals surface area (Å²) in [6.45, 7) is 6.08. The van der Waals surface area contributed by atoms with Crippen LogP contribution in [0.2, 0.25) is 0 Å². The predicted molar refractivity (Wildman–Crippen MR) is 126 cm³/mol. The summed E-state index contributed by atoms with van der Waals surface area (Å²) in [6, 6.07) is 8.36. The fourth-order valence-corrected chi connectivity index (χ4v) is 4.45. The van der Waals surface area contributed by atoms with Crippen molar-refractivity contribution in [2.45, 2.75) is 6.92 Å². The molecule has 5 aromatic rings. The number of hydrogen-bond acceptors (Lipinski definition) is 6. The molecule has 0 aliphatic carbocycles. The quantitative estimate of drug-likeness (QED) is 0.460. The van der Waals surface area contributed by atoms with E-state index in [9.17, 15) is 0 Å². The van der Waals surface area contributed by atoms with Crippen molar-refractivity contribution in [3.8, 4) is 22.8 Å². The van der Waals surface area contributed by atoms with Gasteiger partial charge in [0.05, 0.1) is 23.1 Å². The molecule has 2 N–H and O–H groups in total. The van der Waals surface area contributed by atoms with Gasteiger partial charge in [-0.1, -0.05) is 6.07 Å². The monoisotopic (exact) mass is 427 g/mol. The number of hydrogen-bond donors (Lipinski definition) is 2. The molecule has 32 heavy (non-hydrogen) atoms. The van der Waals surface area contributed by atoms with Gasteiger partial charge in [-0.3, -0.25) is 5.10 Å². The van der Waals surface area contributed by atoms with Crippen molar-refractivity contribution in [1.82, 2.24) is 39.6 Å². The van der Waals surface area contributed by atoms with Crippen molar-refractivity contribution < 1.29 is 0 Å². The second-order valence-electron chi connectivity index (χ2n) is 8.49. The van der Waals surface area contributed by atoms with Crippen molar-refractivity contribution >= 4 is 27.8 Å². The van der Waals surface area contributed by atoms with Gasteiger partial charge in [-0.15, -0.1) is 0 Å². The summed E-state index contributed by atoms with van der Waals surface area (Å²) < 4.78 is 2.09. The summed E-state index contributed by atoms with van der Waals surface area (Å²) in [7, 11) is 4.19. The third-order valence-electron chi connectivity index (χ3n) is 6.52. The smallest absolute Gasteiger partial charge is 0.180 e. The summed E-state index contributed by atoms with van der Waals surface area (Å²) in [6.07, 6.45) is 3.75. The van der Waals surface area contributed by atoms with E-state index in [0.717, 1.165) is 76.9 Å². The Kier molecular flexibility index (Phi) is 4.25. The molecule has 1 fully saturated rings. The van der Waals surface area contributed by atoms with Gasteiger partial charge in [-0.2, -0.15) is 5.10 Å². The van der Waals surface area contributed by atoms with Gasteiger partial charge >= 0.3 is 0 Å². The van der Waals surface area contributed by atoms with E-state index in [2.05, 4.69) is 70.8 Å². The molecule has 0 bridgehead atoms. The first-order chi connectivity index (χ1) is 15.6. The molecule has 1 aliphatic heterocycles. The number of likely N-dealkylation sites (N-methyl/N-ethyl adjacent to an activating group) is 1. The number of aromatic amines is 2. The Bertz CT molecular complexity index is 1430. The number of piperazine rings is 1. The molecule has 6 rings (SSSR count). The van der Waals surface area contributed by atoms with E-state index in [4.69, 9.17) is 4.98 Å². The topological polar surface area (TPSA) is 94.5 Å². The lowest BCUT2D eigenvalue weighted by atomic mass is 10.1. The van der Waals surface area contributed by atoms with Crippen LogP contribution in [0.5, 0.6) is 0 Å². The molecule has 162 valence electrons. The van der Waals surface area contributed by atoms with Crippen LogP contribution in [0.4, 0.5) is 5.69 Å². The largest absolute Gasteiger partial charge is 0.367 e. The fourth-order valence-electron chi connectivity index (χ4n) is 4.45. The van der Waals surface area contributed by atoms with Gasteiger partial charge < -0.3 is 19.4 Å². The molecule has 5 heterocycles. The maximum absolute atomic E-state index is 4.80. The lowest BCUT2D eigenvalue weighted by Gasteiger charge is -2.34. The normalized spacial score (nSPS) is 15.3. The van der Waals surface area contributed by atoms with Gasteiger partial charge in [0.1, 0.15) is 17.0 Å². The molecular weight excluding hydrogens is 402 g/mol. The zero-order valence-electron chi connectivity index (χ0n) is 18.4. The molecule has 9 heteroatoms. The van der Waals surface area contributed by atoms with Gasteiger partial charge in [0, 0.05) is 50.4 Å². The Morgan fingerprint density at radius 1 is 1.00 bits per heavy atom. The molecule has 0 radical (unpaired) electrons. The second kappa shape index (κ2) is 7.16. The number of pyridine rings is 1. The summed E-state index contributed by atoms with van der Waals surface area (Å²) in [5.74, 6) is 1.70. The molecule has 0 saturated carbocycles. The van der Waals surface area contributed by atoms with Crippen LogP contribution in [0, 0.1) is 6.92 Å². The maximum atomic E-state index is 4.80. The Hall–Kier alpha value is -3.72. The van der Waals surface area contributed by atoms with E-state index < -0.39 is 0 Å². The van der Waals surface area contributed by atoms with Gasteiger partial charge in [0.25, 0.3) is 0 Å². The van der Waals surface area contributed by atoms with Crippen molar-refractivity contribution in [3.05, 3.63) is 42.5 Å². The number of aromatic nitrogens is 7. The Labute approximate surface area is 185 Å². The number of fused-ring (bicyclic) bond motifs is 2. The number of H-pyrrole nitrogens is 2. The Morgan fingerprint density at radius 3 is 2.62 bits per heavy atom. The lowest BCUT2D eigenvalue weighted by molar-refractivity contribution is 0.313. The van der Waals surface area contributed by atoms with Gasteiger partial charge in [-0.25, -0.2) is 15.0 Å². The molecule has 4 aromatic heterocycles. The van der Waals surface area contributed by atoms with E-state index >= 15 is 0 Å². The van der Waals surface area contributed by atoms with E-state index in [0.29, 0.717) is 5.65 Å². The van der Waals surface area contributed by atoms with Crippen molar-refractivity contribution in [1.29, 1.82) is 0 Å². The standard InChI is InChI=1S/C23H25N9/c1-14-25-13-19(31(14)3)15-4-5-17-16(12-15)20(29-28-17)23-26-21-18(6-7-24-22(21)27-23)32-10-8-30(2)9-11-32/h4-7,12-13H,8-11H2,1-3H3,(H,28,29)(H,24,26,27). The van der Waals surface area contributed by atoms with Crippen LogP contribution in [0.3, 0.4) is 0 Å². The highest BCUT2D eigenvalue weighted by molar-refractivity contribution is 5.96. The Morgan fingerprint density at radius 2 is 1.84 bits per heavy atom. The average Bonchev–Trinajstić information content (AvgIpc) is 3.50. The number of imidazole rings is 2. The van der Waals surface area contributed by atoms with Crippen molar-refractivity contribution in [3.63, 3.8) is 0 Å². The zero-order chi connectivity index (χ0) is 21.8. The summed E-state index contributed by atoms with van der Waals surface area (Å²) in [4.78, 5) is 22.0. The maximum Gasteiger partial charge on any atom is 0.180 e. The van der Waals surface area contributed by atoms with Gasteiger partial charge in [-0.05, 0) is 32.2 Å².